The van der Waals surface area contributed by atoms with Crippen molar-refractivity contribution in [2.45, 2.75) is 18.6 Å². The summed E-state index contributed by atoms with van der Waals surface area (Å²) in [6, 6.07) is 17.3. The second-order valence-corrected chi connectivity index (χ2v) is 7.81. The van der Waals surface area contributed by atoms with E-state index >= 15 is 0 Å². The van der Waals surface area contributed by atoms with Gasteiger partial charge in [-0.25, -0.2) is 9.37 Å². The number of anilines is 1. The number of carbonyl (C=O) groups excluding carboxylic acids is 1. The third-order valence-corrected chi connectivity index (χ3v) is 5.64. The van der Waals surface area contributed by atoms with E-state index in [1.807, 2.05) is 41.8 Å². The average molecular weight is 452 g/mol. The predicted octanol–water partition coefficient (Wildman–Crippen LogP) is 5.46. The van der Waals surface area contributed by atoms with Gasteiger partial charge in [-0.05, 0) is 61.0 Å². The topological polar surface area (TPSA) is 69.3 Å². The largest absolute Gasteiger partial charge is 0.492 e. The Balaban J connectivity index is 1.52. The lowest BCUT2D eigenvalue weighted by Gasteiger charge is -2.12. The van der Waals surface area contributed by atoms with Crippen LogP contribution in [0.5, 0.6) is 5.75 Å². The molecule has 164 valence electrons. The van der Waals surface area contributed by atoms with Crippen LogP contribution in [0.4, 0.5) is 10.1 Å². The number of aromatic nitrogens is 2. The number of ether oxygens (including phenoxy) is 1. The number of rotatable bonds is 9. The van der Waals surface area contributed by atoms with Gasteiger partial charge in [0.15, 0.2) is 5.16 Å². The minimum Gasteiger partial charge on any atom is -0.492 e. The highest BCUT2D eigenvalue weighted by atomic mass is 32.2. The molecule has 0 spiro atoms. The van der Waals surface area contributed by atoms with Crippen molar-refractivity contribution < 1.29 is 18.3 Å². The van der Waals surface area contributed by atoms with Gasteiger partial charge in [0, 0.05) is 0 Å². The molecule has 0 unspecified atom stereocenters. The Labute approximate surface area is 189 Å². The summed E-state index contributed by atoms with van der Waals surface area (Å²) in [5.41, 5.74) is 2.27. The molecule has 2 aromatic heterocycles. The molecule has 0 saturated heterocycles. The molecule has 6 nitrogen and oxygen atoms in total. The third kappa shape index (κ3) is 5.20. The van der Waals surface area contributed by atoms with E-state index in [9.17, 15) is 9.18 Å². The van der Waals surface area contributed by atoms with Gasteiger partial charge < -0.3 is 19.0 Å². The lowest BCUT2D eigenvalue weighted by Crippen LogP contribution is -2.15. The number of amides is 1. The second-order valence-electron chi connectivity index (χ2n) is 6.86. The van der Waals surface area contributed by atoms with Gasteiger partial charge in [0.25, 0.3) is 0 Å². The maximum absolute atomic E-state index is 13.4. The van der Waals surface area contributed by atoms with E-state index in [1.54, 1.807) is 30.7 Å². The fourth-order valence-electron chi connectivity index (χ4n) is 3.20. The van der Waals surface area contributed by atoms with Gasteiger partial charge in [-0.15, -0.1) is 0 Å². The van der Waals surface area contributed by atoms with Crippen LogP contribution in [-0.2, 0) is 11.3 Å². The van der Waals surface area contributed by atoms with Crippen LogP contribution in [0.15, 0.2) is 82.7 Å². The molecule has 2 heterocycles. The number of nitrogens with zero attached hydrogens (tertiary/aromatic N) is 2. The summed E-state index contributed by atoms with van der Waals surface area (Å²) in [6.07, 6.45) is 3.33. The van der Waals surface area contributed by atoms with E-state index in [2.05, 4.69) is 10.3 Å². The van der Waals surface area contributed by atoms with Crippen molar-refractivity contribution in [2.75, 3.05) is 17.7 Å². The van der Waals surface area contributed by atoms with Crippen LogP contribution in [0.1, 0.15) is 12.7 Å². The van der Waals surface area contributed by atoms with E-state index in [1.165, 1.54) is 23.9 Å². The molecule has 4 rings (SSSR count). The maximum Gasteiger partial charge on any atom is 0.234 e. The molecule has 8 heteroatoms. The van der Waals surface area contributed by atoms with Crippen LogP contribution in [0.3, 0.4) is 0 Å². The molecular formula is C24H22FN3O3S. The zero-order valence-corrected chi connectivity index (χ0v) is 18.3. The molecule has 0 radical (unpaired) electrons. The monoisotopic (exact) mass is 451 g/mol. The molecule has 0 atom stereocenters. The van der Waals surface area contributed by atoms with Crippen molar-refractivity contribution in [2.24, 2.45) is 0 Å². The number of imidazole rings is 1. The minimum absolute atomic E-state index is 0.165. The van der Waals surface area contributed by atoms with E-state index < -0.39 is 0 Å². The first-order valence-electron chi connectivity index (χ1n) is 10.1. The van der Waals surface area contributed by atoms with Crippen LogP contribution < -0.4 is 10.1 Å². The Morgan fingerprint density at radius 3 is 2.72 bits per heavy atom. The average Bonchev–Trinajstić information content (AvgIpc) is 3.45. The van der Waals surface area contributed by atoms with Gasteiger partial charge >= 0.3 is 0 Å². The Hall–Kier alpha value is -3.52. The molecule has 0 saturated carbocycles. The van der Waals surface area contributed by atoms with Crippen molar-refractivity contribution >= 4 is 23.4 Å². The lowest BCUT2D eigenvalue weighted by atomic mass is 10.1. The van der Waals surface area contributed by atoms with Crippen LogP contribution in [0.2, 0.25) is 0 Å². The SMILES string of the molecule is CCOc1ccccc1NC(=O)CSc1ncc(-c2ccc(F)cc2)n1Cc1ccco1. The highest BCUT2D eigenvalue weighted by molar-refractivity contribution is 7.99. The first-order chi connectivity index (χ1) is 15.6. The molecule has 0 aliphatic carbocycles. The van der Waals surface area contributed by atoms with Crippen LogP contribution in [0, 0.1) is 5.82 Å². The Kier molecular flexibility index (Phi) is 6.91. The smallest absolute Gasteiger partial charge is 0.234 e. The van der Waals surface area contributed by atoms with Gasteiger partial charge in [0.1, 0.15) is 17.3 Å². The number of halogens is 1. The Morgan fingerprint density at radius 1 is 1.16 bits per heavy atom. The Bertz CT molecular complexity index is 1170. The molecule has 1 amide bonds. The van der Waals surface area contributed by atoms with Crippen molar-refractivity contribution in [3.8, 4) is 17.0 Å². The van der Waals surface area contributed by atoms with Crippen LogP contribution in [-0.4, -0.2) is 27.8 Å². The quantitative estimate of drug-likeness (QED) is 0.342. The van der Waals surface area contributed by atoms with E-state index in [4.69, 9.17) is 9.15 Å². The number of carbonyl (C=O) groups is 1. The van der Waals surface area contributed by atoms with Crippen molar-refractivity contribution in [1.29, 1.82) is 0 Å². The fraction of sp³-hybridized carbons (Fsp3) is 0.167. The van der Waals surface area contributed by atoms with E-state index in [-0.39, 0.29) is 17.5 Å². The van der Waals surface area contributed by atoms with Gasteiger partial charge in [-0.3, -0.25) is 4.79 Å². The minimum atomic E-state index is -0.301. The van der Waals surface area contributed by atoms with E-state index in [0.717, 1.165) is 17.0 Å². The molecule has 2 aromatic carbocycles. The molecule has 0 aliphatic heterocycles. The zero-order chi connectivity index (χ0) is 22.3. The first kappa shape index (κ1) is 21.7. The maximum atomic E-state index is 13.4. The van der Waals surface area contributed by atoms with Crippen LogP contribution in [0.25, 0.3) is 11.3 Å². The number of benzene rings is 2. The summed E-state index contributed by atoms with van der Waals surface area (Å²) in [7, 11) is 0. The van der Waals surface area contributed by atoms with Gasteiger partial charge in [0.05, 0.1) is 42.7 Å². The number of hydrogen-bond acceptors (Lipinski definition) is 5. The standard InChI is InChI=1S/C24H22FN3O3S/c1-2-30-22-8-4-3-7-20(22)27-23(29)16-32-24-26-14-21(17-9-11-18(25)12-10-17)28(24)15-19-6-5-13-31-19/h3-14H,2,15-16H2,1H3,(H,27,29). The summed E-state index contributed by atoms with van der Waals surface area (Å²) in [5, 5.41) is 3.55. The van der Waals surface area contributed by atoms with Gasteiger partial charge in [-0.1, -0.05) is 23.9 Å². The predicted molar refractivity (Wildman–Crippen MR) is 122 cm³/mol. The molecule has 1 N–H and O–H groups in total. The number of hydrogen-bond donors (Lipinski definition) is 1. The number of para-hydroxylation sites is 2. The third-order valence-electron chi connectivity index (χ3n) is 4.65. The molecular weight excluding hydrogens is 429 g/mol. The van der Waals surface area contributed by atoms with Gasteiger partial charge in [0.2, 0.25) is 5.91 Å². The molecule has 0 fully saturated rings. The van der Waals surface area contributed by atoms with Crippen molar-refractivity contribution in [1.82, 2.24) is 9.55 Å². The number of furan rings is 1. The Morgan fingerprint density at radius 2 is 1.97 bits per heavy atom. The number of nitrogens with one attached hydrogen (secondary N) is 1. The summed E-state index contributed by atoms with van der Waals surface area (Å²) in [5.74, 6) is 1.08. The van der Waals surface area contributed by atoms with Crippen LogP contribution >= 0.6 is 11.8 Å². The summed E-state index contributed by atoms with van der Waals surface area (Å²) in [4.78, 5) is 17.1. The summed E-state index contributed by atoms with van der Waals surface area (Å²) < 4.78 is 26.4. The second kappa shape index (κ2) is 10.2. The van der Waals surface area contributed by atoms with Gasteiger partial charge in [-0.2, -0.15) is 0 Å². The van der Waals surface area contributed by atoms with Crippen molar-refractivity contribution in [3.05, 3.63) is 84.7 Å². The lowest BCUT2D eigenvalue weighted by molar-refractivity contribution is -0.113. The number of thioether (sulfide) groups is 1. The fourth-order valence-corrected chi connectivity index (χ4v) is 3.98. The molecule has 4 aromatic rings. The molecule has 0 aliphatic rings. The highest BCUT2D eigenvalue weighted by Gasteiger charge is 2.16. The molecule has 0 bridgehead atoms. The van der Waals surface area contributed by atoms with E-state index in [0.29, 0.717) is 29.7 Å². The highest BCUT2D eigenvalue weighted by Crippen LogP contribution is 2.28. The summed E-state index contributed by atoms with van der Waals surface area (Å²) >= 11 is 1.32. The zero-order valence-electron chi connectivity index (χ0n) is 17.5. The normalized spacial score (nSPS) is 10.8. The first-order valence-corrected chi connectivity index (χ1v) is 11.1. The summed E-state index contributed by atoms with van der Waals surface area (Å²) in [6.45, 7) is 2.85. The molecule has 32 heavy (non-hydrogen) atoms. The van der Waals surface area contributed by atoms with Crippen molar-refractivity contribution in [3.63, 3.8) is 0 Å².